The zero-order valence-electron chi connectivity index (χ0n) is 10.5. The van der Waals surface area contributed by atoms with Gasteiger partial charge in [-0.25, -0.2) is 8.42 Å². The second kappa shape index (κ2) is 5.40. The fourth-order valence-corrected chi connectivity index (χ4v) is 2.03. The summed E-state index contributed by atoms with van der Waals surface area (Å²) in [6, 6.07) is 7.45. The summed E-state index contributed by atoms with van der Waals surface area (Å²) >= 11 is 3.37. The van der Waals surface area contributed by atoms with Crippen LogP contribution in [0.25, 0.3) is 0 Å². The number of carbonyl (C=O) groups excluding carboxylic acids is 1. The van der Waals surface area contributed by atoms with Crippen LogP contribution in [0.4, 0.5) is 0 Å². The van der Waals surface area contributed by atoms with E-state index in [2.05, 4.69) is 21.2 Å². The summed E-state index contributed by atoms with van der Waals surface area (Å²) < 4.78 is 22.5. The maximum Gasteiger partial charge on any atom is 0.241 e. The van der Waals surface area contributed by atoms with Gasteiger partial charge < -0.3 is 5.32 Å². The predicted octanol–water partition coefficient (Wildman–Crippen LogP) is 1.89. The molecule has 0 heterocycles. The largest absolute Gasteiger partial charge is 0.351 e. The molecule has 1 rings (SSSR count). The van der Waals surface area contributed by atoms with Crippen LogP contribution in [-0.4, -0.2) is 25.3 Å². The third-order valence-electron chi connectivity index (χ3n) is 2.87. The Morgan fingerprint density at radius 3 is 2.39 bits per heavy atom. The lowest BCUT2D eigenvalue weighted by molar-refractivity contribution is -0.123. The molecule has 0 aliphatic carbocycles. The number of amides is 1. The average Bonchev–Trinajstić information content (AvgIpc) is 2.26. The van der Waals surface area contributed by atoms with Crippen molar-refractivity contribution in [3.05, 3.63) is 34.3 Å². The van der Waals surface area contributed by atoms with E-state index in [1.54, 1.807) is 0 Å². The molecule has 0 aromatic heterocycles. The van der Waals surface area contributed by atoms with Gasteiger partial charge in [0.25, 0.3) is 0 Å². The summed E-state index contributed by atoms with van der Waals surface area (Å²) in [5.41, 5.74) is 0.898. The molecular weight excluding hydrogens is 318 g/mol. The van der Waals surface area contributed by atoms with Crippen molar-refractivity contribution >= 4 is 31.7 Å². The smallest absolute Gasteiger partial charge is 0.241 e. The van der Waals surface area contributed by atoms with E-state index in [1.165, 1.54) is 13.8 Å². The minimum Gasteiger partial charge on any atom is -0.351 e. The van der Waals surface area contributed by atoms with E-state index >= 15 is 0 Å². The molecule has 1 amide bonds. The number of carbonyl (C=O) groups is 1. The lowest BCUT2D eigenvalue weighted by atomic mass is 10.1. The molecule has 0 radical (unpaired) electrons. The van der Waals surface area contributed by atoms with Gasteiger partial charge in [0.2, 0.25) is 5.91 Å². The second-order valence-corrected chi connectivity index (χ2v) is 7.98. The van der Waals surface area contributed by atoms with Crippen LogP contribution in [0.2, 0.25) is 0 Å². The van der Waals surface area contributed by atoms with Crippen molar-refractivity contribution in [3.63, 3.8) is 0 Å². The minimum absolute atomic E-state index is 0.291. The van der Waals surface area contributed by atoms with Crippen LogP contribution in [0.5, 0.6) is 0 Å². The molecule has 1 aromatic rings. The number of halogens is 1. The number of sulfone groups is 1. The molecule has 0 spiro atoms. The van der Waals surface area contributed by atoms with Gasteiger partial charge in [-0.1, -0.05) is 34.1 Å². The van der Waals surface area contributed by atoms with Gasteiger partial charge in [-0.15, -0.1) is 0 Å². The van der Waals surface area contributed by atoms with Gasteiger partial charge in [0.05, 0.1) is 0 Å². The van der Waals surface area contributed by atoms with E-state index in [1.807, 2.05) is 24.3 Å². The Hall–Kier alpha value is -0.880. The van der Waals surface area contributed by atoms with E-state index in [0.29, 0.717) is 6.54 Å². The van der Waals surface area contributed by atoms with Gasteiger partial charge in [-0.05, 0) is 25.5 Å². The third kappa shape index (κ3) is 3.32. The molecule has 0 saturated carbocycles. The van der Waals surface area contributed by atoms with E-state index in [4.69, 9.17) is 0 Å². The van der Waals surface area contributed by atoms with Crippen LogP contribution in [0, 0.1) is 0 Å². The SMILES string of the molecule is CC(C)(C(=O)NCc1ccccc1Br)S(C)(=O)=O. The third-order valence-corrected chi connectivity index (χ3v) is 5.68. The molecule has 100 valence electrons. The molecule has 0 unspecified atom stereocenters. The molecular formula is C12H16BrNO3S. The minimum atomic E-state index is -3.44. The Bertz CT molecular complexity index is 552. The van der Waals surface area contributed by atoms with E-state index in [9.17, 15) is 13.2 Å². The van der Waals surface area contributed by atoms with Crippen LogP contribution in [0.3, 0.4) is 0 Å². The Morgan fingerprint density at radius 2 is 1.89 bits per heavy atom. The zero-order valence-corrected chi connectivity index (χ0v) is 12.9. The maximum atomic E-state index is 11.9. The number of benzene rings is 1. The second-order valence-electron chi connectivity index (χ2n) is 4.56. The maximum absolute atomic E-state index is 11.9. The highest BCUT2D eigenvalue weighted by Crippen LogP contribution is 2.18. The first-order chi connectivity index (χ1) is 8.16. The lowest BCUT2D eigenvalue weighted by Crippen LogP contribution is -2.47. The lowest BCUT2D eigenvalue weighted by Gasteiger charge is -2.21. The number of rotatable bonds is 4. The van der Waals surface area contributed by atoms with E-state index in [-0.39, 0.29) is 0 Å². The normalized spacial score (nSPS) is 12.2. The number of nitrogens with one attached hydrogen (secondary N) is 1. The van der Waals surface area contributed by atoms with Crippen molar-refractivity contribution in [1.82, 2.24) is 5.32 Å². The van der Waals surface area contributed by atoms with Crippen LogP contribution in [0.15, 0.2) is 28.7 Å². The van der Waals surface area contributed by atoms with Crippen LogP contribution in [0.1, 0.15) is 19.4 Å². The highest BCUT2D eigenvalue weighted by Gasteiger charge is 2.38. The first-order valence-corrected chi connectivity index (χ1v) is 8.06. The molecule has 0 atom stereocenters. The molecule has 0 bridgehead atoms. The first kappa shape index (κ1) is 15.2. The summed E-state index contributed by atoms with van der Waals surface area (Å²) in [6.07, 6.45) is 1.06. The van der Waals surface area contributed by atoms with Gasteiger partial charge in [0.15, 0.2) is 9.84 Å². The molecule has 0 aliphatic heterocycles. The summed E-state index contributed by atoms with van der Waals surface area (Å²) in [4.78, 5) is 11.9. The average molecular weight is 334 g/mol. The fourth-order valence-electron chi connectivity index (χ4n) is 1.20. The predicted molar refractivity (Wildman–Crippen MR) is 74.9 cm³/mol. The quantitative estimate of drug-likeness (QED) is 0.915. The molecule has 6 heteroatoms. The first-order valence-electron chi connectivity index (χ1n) is 5.37. The standard InChI is InChI=1S/C12H16BrNO3S/c1-12(2,18(3,16)17)11(15)14-8-9-6-4-5-7-10(9)13/h4-7H,8H2,1-3H3,(H,14,15). The van der Waals surface area contributed by atoms with Gasteiger partial charge in [0.1, 0.15) is 4.75 Å². The molecule has 1 N–H and O–H groups in total. The fraction of sp³-hybridized carbons (Fsp3) is 0.417. The Balaban J connectivity index is 2.77. The highest BCUT2D eigenvalue weighted by atomic mass is 79.9. The highest BCUT2D eigenvalue weighted by molar-refractivity contribution is 9.10. The van der Waals surface area contributed by atoms with Gasteiger partial charge >= 0.3 is 0 Å². The van der Waals surface area contributed by atoms with Crippen molar-refractivity contribution in [2.24, 2.45) is 0 Å². The van der Waals surface area contributed by atoms with Crippen LogP contribution >= 0.6 is 15.9 Å². The Labute approximate surface area is 116 Å². The van der Waals surface area contributed by atoms with Crippen molar-refractivity contribution in [1.29, 1.82) is 0 Å². The van der Waals surface area contributed by atoms with E-state index < -0.39 is 20.5 Å². The summed E-state index contributed by atoms with van der Waals surface area (Å²) in [5, 5.41) is 2.64. The Morgan fingerprint density at radius 1 is 1.33 bits per heavy atom. The molecule has 0 fully saturated rings. The van der Waals surface area contributed by atoms with Crippen LogP contribution < -0.4 is 5.32 Å². The Kier molecular flexibility index (Phi) is 4.55. The van der Waals surface area contributed by atoms with Gasteiger partial charge in [0, 0.05) is 17.3 Å². The van der Waals surface area contributed by atoms with Crippen molar-refractivity contribution in [3.8, 4) is 0 Å². The van der Waals surface area contributed by atoms with Crippen molar-refractivity contribution in [2.45, 2.75) is 25.1 Å². The van der Waals surface area contributed by atoms with Crippen molar-refractivity contribution in [2.75, 3.05) is 6.26 Å². The van der Waals surface area contributed by atoms with E-state index in [0.717, 1.165) is 16.3 Å². The van der Waals surface area contributed by atoms with Crippen LogP contribution in [-0.2, 0) is 21.2 Å². The monoisotopic (exact) mass is 333 g/mol. The molecule has 18 heavy (non-hydrogen) atoms. The number of hydrogen-bond donors (Lipinski definition) is 1. The summed E-state index contributed by atoms with van der Waals surface area (Å²) in [5.74, 6) is -0.499. The number of hydrogen-bond acceptors (Lipinski definition) is 3. The molecule has 1 aromatic carbocycles. The van der Waals surface area contributed by atoms with Crippen molar-refractivity contribution < 1.29 is 13.2 Å². The van der Waals surface area contributed by atoms with Gasteiger partial charge in [-0.3, -0.25) is 4.79 Å². The summed E-state index contributed by atoms with van der Waals surface area (Å²) in [7, 11) is -3.44. The summed E-state index contributed by atoms with van der Waals surface area (Å²) in [6.45, 7) is 3.09. The topological polar surface area (TPSA) is 63.2 Å². The molecule has 0 saturated heterocycles. The molecule has 0 aliphatic rings. The zero-order chi connectivity index (χ0) is 14.0. The van der Waals surface area contributed by atoms with Gasteiger partial charge in [-0.2, -0.15) is 0 Å². The molecule has 4 nitrogen and oxygen atoms in total.